The standard InChI is InChI=1S/C12H10F3N3OS.C11H7ClF3N3OS/c1-7-9(10(19)17-6-12(13,14)15)20-11(18-7)8-3-2-4-16-5-8;12-8-7(9(19)17-5-11(13,14)15)20-10(18-8)6-2-1-3-16-4-6/h2-5H,6H2,1H3,(H,17,19);1-4H,5H2,(H,17,19). The van der Waals surface area contributed by atoms with Crippen molar-refractivity contribution >= 4 is 46.1 Å². The van der Waals surface area contributed by atoms with Crippen LogP contribution in [0, 0.1) is 6.92 Å². The fraction of sp³-hybridized carbons (Fsp3) is 0.217. The Morgan fingerprint density at radius 3 is 1.70 bits per heavy atom. The number of nitrogens with zero attached hydrogens (tertiary/aromatic N) is 4. The fourth-order valence-corrected chi connectivity index (χ4v) is 4.97. The lowest BCUT2D eigenvalue weighted by atomic mass is 10.3. The highest BCUT2D eigenvalue weighted by Crippen LogP contribution is 2.30. The highest BCUT2D eigenvalue weighted by molar-refractivity contribution is 7.17. The highest BCUT2D eigenvalue weighted by Gasteiger charge is 2.30. The molecule has 0 aliphatic carbocycles. The van der Waals surface area contributed by atoms with Crippen LogP contribution in [0.1, 0.15) is 25.0 Å². The third-order valence-electron chi connectivity index (χ3n) is 4.51. The first-order valence-electron chi connectivity index (χ1n) is 10.9. The monoisotopic (exact) mass is 622 g/mol. The van der Waals surface area contributed by atoms with E-state index in [0.717, 1.165) is 28.2 Å². The maximum absolute atomic E-state index is 12.1. The molecule has 0 saturated carbocycles. The summed E-state index contributed by atoms with van der Waals surface area (Å²) in [7, 11) is 0. The Balaban J connectivity index is 0.000000220. The second-order valence-corrected chi connectivity index (χ2v) is 10.0. The van der Waals surface area contributed by atoms with Crippen molar-refractivity contribution in [3.63, 3.8) is 0 Å². The zero-order valence-electron chi connectivity index (χ0n) is 20.1. The number of alkyl halides is 6. The molecule has 0 spiro atoms. The molecular weight excluding hydrogens is 606 g/mol. The van der Waals surface area contributed by atoms with Gasteiger partial charge in [-0.15, -0.1) is 22.7 Å². The van der Waals surface area contributed by atoms with E-state index in [0.29, 0.717) is 21.3 Å². The van der Waals surface area contributed by atoms with E-state index >= 15 is 0 Å². The maximum Gasteiger partial charge on any atom is 0.405 e. The summed E-state index contributed by atoms with van der Waals surface area (Å²) in [5, 5.41) is 4.42. The number of thiazole rings is 2. The van der Waals surface area contributed by atoms with Gasteiger partial charge in [-0.05, 0) is 31.2 Å². The molecule has 40 heavy (non-hydrogen) atoms. The third-order valence-corrected chi connectivity index (χ3v) is 7.20. The molecule has 2 amide bonds. The van der Waals surface area contributed by atoms with Gasteiger partial charge < -0.3 is 10.6 Å². The minimum absolute atomic E-state index is 0.0604. The lowest BCUT2D eigenvalue weighted by Gasteiger charge is -2.07. The zero-order chi connectivity index (χ0) is 29.5. The van der Waals surface area contributed by atoms with Crippen LogP contribution in [0.5, 0.6) is 0 Å². The van der Waals surface area contributed by atoms with Gasteiger partial charge >= 0.3 is 12.4 Å². The maximum atomic E-state index is 12.1. The summed E-state index contributed by atoms with van der Waals surface area (Å²) in [4.78, 5) is 39.4. The van der Waals surface area contributed by atoms with Crippen molar-refractivity contribution in [1.29, 1.82) is 0 Å². The topological polar surface area (TPSA) is 110 Å². The predicted octanol–water partition coefficient (Wildman–Crippen LogP) is 5.96. The number of hydrogen-bond acceptors (Lipinski definition) is 8. The van der Waals surface area contributed by atoms with Gasteiger partial charge in [0.25, 0.3) is 11.8 Å². The number of amides is 2. The van der Waals surface area contributed by atoms with Crippen LogP contribution in [0.25, 0.3) is 21.1 Å². The van der Waals surface area contributed by atoms with Crippen molar-refractivity contribution in [1.82, 2.24) is 30.6 Å². The molecule has 0 atom stereocenters. The van der Waals surface area contributed by atoms with E-state index in [1.165, 1.54) is 6.20 Å². The second-order valence-electron chi connectivity index (χ2n) is 7.65. The number of carbonyl (C=O) groups excluding carboxylic acids is 2. The van der Waals surface area contributed by atoms with Crippen LogP contribution in [0.3, 0.4) is 0 Å². The largest absolute Gasteiger partial charge is 0.405 e. The Labute approximate surface area is 235 Å². The zero-order valence-corrected chi connectivity index (χ0v) is 22.5. The van der Waals surface area contributed by atoms with Crippen molar-refractivity contribution < 1.29 is 35.9 Å². The van der Waals surface area contributed by atoms with Crippen LogP contribution < -0.4 is 10.6 Å². The number of aryl methyl sites for hydroxylation is 1. The molecule has 4 heterocycles. The quantitative estimate of drug-likeness (QED) is 0.257. The first kappa shape index (κ1) is 30.9. The molecule has 0 bridgehead atoms. The molecular formula is C23H17ClF6N6O2S2. The predicted molar refractivity (Wildman–Crippen MR) is 137 cm³/mol. The lowest BCUT2D eigenvalue weighted by Crippen LogP contribution is -2.33. The minimum Gasteiger partial charge on any atom is -0.342 e. The van der Waals surface area contributed by atoms with E-state index in [4.69, 9.17) is 11.6 Å². The molecule has 0 aliphatic rings. The van der Waals surface area contributed by atoms with Gasteiger partial charge in [0, 0.05) is 35.9 Å². The van der Waals surface area contributed by atoms with Crippen LogP contribution in [-0.4, -0.2) is 57.2 Å². The Hall–Kier alpha value is -3.63. The summed E-state index contributed by atoms with van der Waals surface area (Å²) in [6.45, 7) is -1.19. The number of carbonyl (C=O) groups is 2. The van der Waals surface area contributed by atoms with Crippen molar-refractivity contribution in [2.75, 3.05) is 13.1 Å². The number of hydrogen-bond donors (Lipinski definition) is 2. The highest BCUT2D eigenvalue weighted by atomic mass is 35.5. The average Bonchev–Trinajstić information content (AvgIpc) is 3.49. The average molecular weight is 623 g/mol. The molecule has 4 aromatic rings. The molecule has 0 aliphatic heterocycles. The van der Waals surface area contributed by atoms with Gasteiger partial charge in [0.05, 0.1) is 5.69 Å². The molecule has 0 fully saturated rings. The number of nitrogens with one attached hydrogen (secondary N) is 2. The van der Waals surface area contributed by atoms with Crippen LogP contribution >= 0.6 is 34.3 Å². The van der Waals surface area contributed by atoms with E-state index in [9.17, 15) is 35.9 Å². The van der Waals surface area contributed by atoms with Crippen LogP contribution in [0.15, 0.2) is 49.1 Å². The van der Waals surface area contributed by atoms with Crippen LogP contribution in [0.4, 0.5) is 26.3 Å². The van der Waals surface area contributed by atoms with E-state index in [1.54, 1.807) is 55.1 Å². The first-order chi connectivity index (χ1) is 18.7. The Kier molecular flexibility index (Phi) is 10.2. The molecule has 17 heteroatoms. The Morgan fingerprint density at radius 2 is 1.25 bits per heavy atom. The van der Waals surface area contributed by atoms with Gasteiger partial charge in [-0.2, -0.15) is 26.3 Å². The third kappa shape index (κ3) is 9.24. The van der Waals surface area contributed by atoms with Crippen LogP contribution in [0.2, 0.25) is 5.15 Å². The molecule has 8 nitrogen and oxygen atoms in total. The molecule has 4 rings (SSSR count). The Bertz CT molecular complexity index is 1340. The fourth-order valence-electron chi connectivity index (χ4n) is 2.80. The van der Waals surface area contributed by atoms with E-state index in [1.807, 2.05) is 5.32 Å². The minimum atomic E-state index is -4.47. The molecule has 212 valence electrons. The summed E-state index contributed by atoms with van der Waals surface area (Å²) in [6, 6.07) is 6.87. The van der Waals surface area contributed by atoms with Crippen molar-refractivity contribution in [2.24, 2.45) is 0 Å². The van der Waals surface area contributed by atoms with Crippen molar-refractivity contribution in [3.8, 4) is 21.1 Å². The summed E-state index contributed by atoms with van der Waals surface area (Å²) in [5.74, 6) is -1.67. The van der Waals surface area contributed by atoms with Gasteiger partial charge in [0.15, 0.2) is 5.15 Å². The number of aromatic nitrogens is 4. The summed E-state index contributed by atoms with van der Waals surface area (Å²) >= 11 is 7.73. The summed E-state index contributed by atoms with van der Waals surface area (Å²) < 4.78 is 72.3. The van der Waals surface area contributed by atoms with E-state index in [-0.39, 0.29) is 14.9 Å². The van der Waals surface area contributed by atoms with Gasteiger partial charge in [-0.25, -0.2) is 9.97 Å². The second kappa shape index (κ2) is 13.1. The molecule has 0 unspecified atom stereocenters. The van der Waals surface area contributed by atoms with Crippen LogP contribution in [-0.2, 0) is 0 Å². The number of halogens is 7. The van der Waals surface area contributed by atoms with Gasteiger partial charge in [0.2, 0.25) is 0 Å². The number of rotatable bonds is 6. The van der Waals surface area contributed by atoms with Crippen molar-refractivity contribution in [2.45, 2.75) is 19.3 Å². The SMILES string of the molecule is Cc1nc(-c2cccnc2)sc1C(=O)NCC(F)(F)F.O=C(NCC(F)(F)F)c1sc(-c2cccnc2)nc1Cl. The van der Waals surface area contributed by atoms with E-state index < -0.39 is 37.3 Å². The summed E-state index contributed by atoms with van der Waals surface area (Å²) in [5.41, 5.74) is 1.75. The molecule has 0 saturated heterocycles. The van der Waals surface area contributed by atoms with Gasteiger partial charge in [-0.1, -0.05) is 11.6 Å². The molecule has 2 N–H and O–H groups in total. The number of pyridine rings is 2. The molecule has 4 aromatic heterocycles. The first-order valence-corrected chi connectivity index (χ1v) is 12.9. The summed E-state index contributed by atoms with van der Waals surface area (Å²) in [6.07, 6.45) is -2.64. The smallest absolute Gasteiger partial charge is 0.342 e. The molecule has 0 aromatic carbocycles. The van der Waals surface area contributed by atoms with E-state index in [2.05, 4.69) is 19.9 Å². The normalized spacial score (nSPS) is 11.4. The van der Waals surface area contributed by atoms with Crippen molar-refractivity contribution in [3.05, 3.63) is 69.7 Å². The van der Waals surface area contributed by atoms with Gasteiger partial charge in [-0.3, -0.25) is 19.6 Å². The Morgan fingerprint density at radius 1 is 0.800 bits per heavy atom. The lowest BCUT2D eigenvalue weighted by molar-refractivity contribution is -0.123. The molecule has 0 radical (unpaired) electrons. The van der Waals surface area contributed by atoms with Gasteiger partial charge in [0.1, 0.15) is 32.9 Å².